The van der Waals surface area contributed by atoms with Crippen LogP contribution in [0.4, 0.5) is 4.39 Å². The summed E-state index contributed by atoms with van der Waals surface area (Å²) in [5, 5.41) is 9.02. The van der Waals surface area contributed by atoms with E-state index in [9.17, 15) is 4.39 Å². The van der Waals surface area contributed by atoms with Crippen LogP contribution in [0.3, 0.4) is 0 Å². The van der Waals surface area contributed by atoms with Crippen LogP contribution in [0.5, 0.6) is 0 Å². The topological polar surface area (TPSA) is 27.0 Å². The van der Waals surface area contributed by atoms with Crippen molar-refractivity contribution in [1.82, 2.24) is 4.90 Å². The van der Waals surface area contributed by atoms with Crippen molar-refractivity contribution < 1.29 is 4.39 Å². The maximum Gasteiger partial charge on any atom is 0.124 e. The Morgan fingerprint density at radius 2 is 2.25 bits per heavy atom. The zero-order chi connectivity index (χ0) is 12.1. The first-order chi connectivity index (χ1) is 7.54. The average molecular weight is 241 g/mol. The number of hydrogen-bond acceptors (Lipinski definition) is 2. The second-order valence-electron chi connectivity index (χ2n) is 3.86. The smallest absolute Gasteiger partial charge is 0.124 e. The number of nitrogens with zero attached hydrogens (tertiary/aromatic N) is 2. The Kier molecular flexibility index (Phi) is 4.72. The molecule has 1 rings (SSSR count). The molecule has 0 spiro atoms. The highest BCUT2D eigenvalue weighted by molar-refractivity contribution is 6.31. The van der Waals surface area contributed by atoms with Crippen LogP contribution >= 0.6 is 11.6 Å². The molecule has 16 heavy (non-hydrogen) atoms. The summed E-state index contributed by atoms with van der Waals surface area (Å²) in [4.78, 5) is 2.02. The summed E-state index contributed by atoms with van der Waals surface area (Å²) < 4.78 is 12.8. The lowest BCUT2D eigenvalue weighted by Gasteiger charge is -2.23. The number of benzene rings is 1. The van der Waals surface area contributed by atoms with E-state index >= 15 is 0 Å². The van der Waals surface area contributed by atoms with E-state index in [0.717, 1.165) is 5.56 Å². The van der Waals surface area contributed by atoms with Gasteiger partial charge in [0.05, 0.1) is 12.5 Å². The van der Waals surface area contributed by atoms with Gasteiger partial charge in [-0.3, -0.25) is 4.90 Å². The first-order valence-electron chi connectivity index (χ1n) is 5.05. The van der Waals surface area contributed by atoms with Crippen LogP contribution in [0.15, 0.2) is 18.2 Å². The van der Waals surface area contributed by atoms with Gasteiger partial charge in [0.2, 0.25) is 0 Å². The molecule has 0 amide bonds. The van der Waals surface area contributed by atoms with Gasteiger partial charge in [0, 0.05) is 17.6 Å². The number of nitriles is 1. The van der Waals surface area contributed by atoms with Gasteiger partial charge in [0.15, 0.2) is 0 Å². The molecule has 86 valence electrons. The highest BCUT2D eigenvalue weighted by Crippen LogP contribution is 2.19. The summed E-state index contributed by atoms with van der Waals surface area (Å²) in [6.07, 6.45) is 0.468. The summed E-state index contributed by atoms with van der Waals surface area (Å²) in [5.74, 6) is -0.332. The van der Waals surface area contributed by atoms with Crippen LogP contribution in [0.1, 0.15) is 18.9 Å². The first kappa shape index (κ1) is 13.0. The quantitative estimate of drug-likeness (QED) is 0.808. The maximum absolute atomic E-state index is 12.8. The fraction of sp³-hybridized carbons (Fsp3) is 0.417. The van der Waals surface area contributed by atoms with E-state index in [1.165, 1.54) is 12.1 Å². The molecule has 0 aromatic heterocycles. The molecule has 1 aromatic carbocycles. The lowest BCUT2D eigenvalue weighted by Crippen LogP contribution is -2.28. The Bertz CT molecular complexity index is 400. The maximum atomic E-state index is 12.8. The average Bonchev–Trinajstić information content (AvgIpc) is 2.22. The summed E-state index contributed by atoms with van der Waals surface area (Å²) in [7, 11) is 1.92. The predicted molar refractivity (Wildman–Crippen MR) is 62.6 cm³/mol. The minimum atomic E-state index is -0.332. The number of halogens is 2. The molecule has 0 aliphatic carbocycles. The van der Waals surface area contributed by atoms with Crippen LogP contribution in [0, 0.1) is 17.1 Å². The van der Waals surface area contributed by atoms with E-state index in [-0.39, 0.29) is 11.9 Å². The van der Waals surface area contributed by atoms with E-state index < -0.39 is 0 Å². The fourth-order valence-corrected chi connectivity index (χ4v) is 1.59. The summed E-state index contributed by atoms with van der Waals surface area (Å²) in [6.45, 7) is 2.59. The van der Waals surface area contributed by atoms with Crippen molar-refractivity contribution in [2.24, 2.45) is 0 Å². The molecule has 0 radical (unpaired) electrons. The zero-order valence-corrected chi connectivity index (χ0v) is 10.1. The first-order valence-corrected chi connectivity index (χ1v) is 5.43. The van der Waals surface area contributed by atoms with Gasteiger partial charge in [-0.25, -0.2) is 4.39 Å². The Labute approximate surface area is 100 Å². The standard InChI is InChI=1S/C12H14ClFN2/c1-9(5-6-15)16(2)8-10-3-4-11(14)7-12(10)13/h3-4,7,9H,5,8H2,1-2H3. The molecular formula is C12H14ClFN2. The monoisotopic (exact) mass is 240 g/mol. The largest absolute Gasteiger partial charge is 0.298 e. The third-order valence-electron chi connectivity index (χ3n) is 2.57. The Balaban J connectivity index is 2.70. The molecular weight excluding hydrogens is 227 g/mol. The molecule has 1 atom stereocenters. The van der Waals surface area contributed by atoms with Gasteiger partial charge in [0.1, 0.15) is 5.82 Å². The van der Waals surface area contributed by atoms with Crippen LogP contribution in [0.25, 0.3) is 0 Å². The van der Waals surface area contributed by atoms with Crippen molar-refractivity contribution in [3.8, 4) is 6.07 Å². The molecule has 0 fully saturated rings. The highest BCUT2D eigenvalue weighted by Gasteiger charge is 2.11. The van der Waals surface area contributed by atoms with Crippen molar-refractivity contribution in [2.45, 2.75) is 25.9 Å². The Morgan fingerprint density at radius 3 is 2.81 bits per heavy atom. The lowest BCUT2D eigenvalue weighted by molar-refractivity contribution is 0.252. The molecule has 0 heterocycles. The molecule has 0 N–H and O–H groups in total. The normalized spacial score (nSPS) is 12.5. The van der Waals surface area contributed by atoms with Crippen molar-refractivity contribution >= 4 is 11.6 Å². The van der Waals surface area contributed by atoms with Crippen molar-refractivity contribution in [3.05, 3.63) is 34.6 Å². The minimum absolute atomic E-state index is 0.158. The third-order valence-corrected chi connectivity index (χ3v) is 2.93. The second kappa shape index (κ2) is 5.83. The second-order valence-corrected chi connectivity index (χ2v) is 4.27. The molecule has 1 unspecified atom stereocenters. The third kappa shape index (κ3) is 3.48. The molecule has 1 aromatic rings. The summed E-state index contributed by atoms with van der Waals surface area (Å²) in [6, 6.07) is 6.65. The SMILES string of the molecule is CC(CC#N)N(C)Cc1ccc(F)cc1Cl. The summed E-state index contributed by atoms with van der Waals surface area (Å²) in [5.41, 5.74) is 0.871. The van der Waals surface area contributed by atoms with Crippen molar-refractivity contribution in [2.75, 3.05) is 7.05 Å². The van der Waals surface area contributed by atoms with Gasteiger partial charge < -0.3 is 0 Å². The van der Waals surface area contributed by atoms with Gasteiger partial charge in [-0.15, -0.1) is 0 Å². The van der Waals surface area contributed by atoms with E-state index in [2.05, 4.69) is 6.07 Å². The predicted octanol–water partition coefficient (Wildman–Crippen LogP) is 3.21. The molecule has 0 saturated heterocycles. The summed E-state index contributed by atoms with van der Waals surface area (Å²) >= 11 is 5.92. The van der Waals surface area contributed by atoms with Crippen molar-refractivity contribution in [3.63, 3.8) is 0 Å². The van der Waals surface area contributed by atoms with Gasteiger partial charge in [-0.2, -0.15) is 5.26 Å². The molecule has 0 aliphatic rings. The van der Waals surface area contributed by atoms with Gasteiger partial charge in [-0.1, -0.05) is 17.7 Å². The zero-order valence-electron chi connectivity index (χ0n) is 9.37. The number of rotatable bonds is 4. The van der Waals surface area contributed by atoms with Crippen LogP contribution in [-0.2, 0) is 6.54 Å². The fourth-order valence-electron chi connectivity index (χ4n) is 1.36. The highest BCUT2D eigenvalue weighted by atomic mass is 35.5. The molecule has 0 aliphatic heterocycles. The molecule has 2 nitrogen and oxygen atoms in total. The van der Waals surface area contributed by atoms with Gasteiger partial charge in [0.25, 0.3) is 0 Å². The minimum Gasteiger partial charge on any atom is -0.298 e. The molecule has 0 saturated carbocycles. The van der Waals surface area contributed by atoms with E-state index in [1.54, 1.807) is 6.07 Å². The van der Waals surface area contributed by atoms with Crippen LogP contribution in [-0.4, -0.2) is 18.0 Å². The Morgan fingerprint density at radius 1 is 1.56 bits per heavy atom. The lowest BCUT2D eigenvalue weighted by atomic mass is 10.1. The molecule has 4 heteroatoms. The molecule has 0 bridgehead atoms. The van der Waals surface area contributed by atoms with Crippen LogP contribution < -0.4 is 0 Å². The number of hydrogen-bond donors (Lipinski definition) is 0. The van der Waals surface area contributed by atoms with E-state index in [4.69, 9.17) is 16.9 Å². The van der Waals surface area contributed by atoms with E-state index in [1.807, 2.05) is 18.9 Å². The van der Waals surface area contributed by atoms with Crippen molar-refractivity contribution in [1.29, 1.82) is 5.26 Å². The van der Waals surface area contributed by atoms with E-state index in [0.29, 0.717) is 18.0 Å². The Hall–Kier alpha value is -1.11. The van der Waals surface area contributed by atoms with Crippen LogP contribution in [0.2, 0.25) is 5.02 Å². The van der Waals surface area contributed by atoms with Gasteiger partial charge >= 0.3 is 0 Å². The van der Waals surface area contributed by atoms with Gasteiger partial charge in [-0.05, 0) is 31.7 Å².